The lowest BCUT2D eigenvalue weighted by Crippen LogP contribution is -2.25. The first-order valence-corrected chi connectivity index (χ1v) is 11.3. The number of halogens is 1. The van der Waals surface area contributed by atoms with Crippen molar-refractivity contribution in [3.63, 3.8) is 0 Å². The van der Waals surface area contributed by atoms with Crippen LogP contribution in [0.2, 0.25) is 0 Å². The molecule has 4 aromatic rings. The maximum atomic E-state index is 13.9. The van der Waals surface area contributed by atoms with Gasteiger partial charge in [-0.3, -0.25) is 9.20 Å². The number of hydrogen-bond donors (Lipinski definition) is 2. The van der Waals surface area contributed by atoms with Crippen molar-refractivity contribution in [2.45, 2.75) is 32.7 Å². The molecule has 33 heavy (non-hydrogen) atoms. The fourth-order valence-electron chi connectivity index (χ4n) is 3.70. The Morgan fingerprint density at radius 3 is 2.64 bits per heavy atom. The third kappa shape index (κ3) is 4.58. The number of imidazole rings is 1. The van der Waals surface area contributed by atoms with Crippen molar-refractivity contribution in [2.75, 3.05) is 11.9 Å². The minimum atomic E-state index is -0.308. The normalized spacial score (nSPS) is 13.5. The van der Waals surface area contributed by atoms with Gasteiger partial charge >= 0.3 is 0 Å². The number of amides is 1. The summed E-state index contributed by atoms with van der Waals surface area (Å²) in [4.78, 5) is 21.7. The van der Waals surface area contributed by atoms with Gasteiger partial charge in [0.15, 0.2) is 11.5 Å². The molecular formula is C26H26FN5O. The molecule has 6 nitrogen and oxygen atoms in total. The Kier molecular flexibility index (Phi) is 5.54. The molecule has 1 aliphatic rings. The van der Waals surface area contributed by atoms with E-state index in [2.05, 4.69) is 29.5 Å². The standard InChI is InChI=1S/C26H26FN5O/c1-16(2)13-28-24-25-29-14-23(17-6-8-18(9-7-17)26(33)30-21-10-11-21)32(25)15-22(31-24)19-4-3-5-20(27)12-19/h3-9,12,14-16,21H,10-11,13H2,1-2H3,(H,28,31)(H,30,33). The molecule has 2 heterocycles. The number of aromatic nitrogens is 3. The van der Waals surface area contributed by atoms with E-state index >= 15 is 0 Å². The van der Waals surface area contributed by atoms with Crippen LogP contribution < -0.4 is 10.6 Å². The highest BCUT2D eigenvalue weighted by Crippen LogP contribution is 2.28. The molecule has 2 aromatic carbocycles. The SMILES string of the molecule is CC(C)CNc1nc(-c2cccc(F)c2)cn2c(-c3ccc(C(=O)NC4CC4)cc3)cnc12. The van der Waals surface area contributed by atoms with Crippen LogP contribution in [-0.2, 0) is 0 Å². The minimum absolute atomic E-state index is 0.0417. The fourth-order valence-corrected chi connectivity index (χ4v) is 3.70. The molecule has 1 saturated carbocycles. The second-order valence-corrected chi connectivity index (χ2v) is 8.92. The van der Waals surface area contributed by atoms with E-state index in [1.165, 1.54) is 12.1 Å². The Labute approximate surface area is 191 Å². The number of fused-ring (bicyclic) bond motifs is 1. The predicted octanol–water partition coefficient (Wildman–Crippen LogP) is 5.16. The summed E-state index contributed by atoms with van der Waals surface area (Å²) >= 11 is 0. The van der Waals surface area contributed by atoms with Gasteiger partial charge in [-0.25, -0.2) is 14.4 Å². The van der Waals surface area contributed by atoms with E-state index in [1.54, 1.807) is 12.3 Å². The van der Waals surface area contributed by atoms with Crippen molar-refractivity contribution in [1.29, 1.82) is 0 Å². The van der Waals surface area contributed by atoms with Crippen LogP contribution in [0.1, 0.15) is 37.0 Å². The van der Waals surface area contributed by atoms with Crippen LogP contribution in [0.4, 0.5) is 10.2 Å². The second kappa shape index (κ2) is 8.65. The maximum absolute atomic E-state index is 13.9. The van der Waals surface area contributed by atoms with Crippen molar-refractivity contribution in [1.82, 2.24) is 19.7 Å². The lowest BCUT2D eigenvalue weighted by molar-refractivity contribution is 0.0951. The van der Waals surface area contributed by atoms with E-state index in [1.807, 2.05) is 40.9 Å². The Bertz CT molecular complexity index is 1310. The van der Waals surface area contributed by atoms with Crippen molar-refractivity contribution < 1.29 is 9.18 Å². The number of carbonyl (C=O) groups is 1. The molecular weight excluding hydrogens is 417 g/mol. The van der Waals surface area contributed by atoms with Gasteiger partial charge in [0.1, 0.15) is 5.82 Å². The van der Waals surface area contributed by atoms with Gasteiger partial charge in [0, 0.05) is 35.5 Å². The monoisotopic (exact) mass is 443 g/mol. The number of rotatable bonds is 7. The van der Waals surface area contributed by atoms with Crippen LogP contribution >= 0.6 is 0 Å². The molecule has 168 valence electrons. The van der Waals surface area contributed by atoms with Crippen LogP contribution in [0.25, 0.3) is 28.2 Å². The van der Waals surface area contributed by atoms with E-state index in [0.717, 1.165) is 30.6 Å². The summed E-state index contributed by atoms with van der Waals surface area (Å²) in [6, 6.07) is 14.3. The first-order chi connectivity index (χ1) is 16.0. The average Bonchev–Trinajstić information content (AvgIpc) is 3.52. The summed E-state index contributed by atoms with van der Waals surface area (Å²) < 4.78 is 15.9. The summed E-state index contributed by atoms with van der Waals surface area (Å²) in [6.45, 7) is 4.99. The molecule has 0 aliphatic heterocycles. The lowest BCUT2D eigenvalue weighted by Gasteiger charge is -2.13. The molecule has 0 radical (unpaired) electrons. The Hall–Kier alpha value is -3.74. The molecule has 0 unspecified atom stereocenters. The van der Waals surface area contributed by atoms with Crippen molar-refractivity contribution >= 4 is 17.4 Å². The van der Waals surface area contributed by atoms with Crippen LogP contribution in [0.15, 0.2) is 60.9 Å². The maximum Gasteiger partial charge on any atom is 0.251 e. The highest BCUT2D eigenvalue weighted by Gasteiger charge is 2.23. The van der Waals surface area contributed by atoms with E-state index in [-0.39, 0.29) is 11.7 Å². The van der Waals surface area contributed by atoms with E-state index in [4.69, 9.17) is 4.98 Å². The van der Waals surface area contributed by atoms with Gasteiger partial charge in [-0.1, -0.05) is 38.1 Å². The number of nitrogens with zero attached hydrogens (tertiary/aromatic N) is 3. The van der Waals surface area contributed by atoms with Crippen LogP contribution in [0.5, 0.6) is 0 Å². The number of nitrogens with one attached hydrogen (secondary N) is 2. The molecule has 1 amide bonds. The Balaban J connectivity index is 1.55. The molecule has 2 aromatic heterocycles. The first-order valence-electron chi connectivity index (χ1n) is 11.3. The third-order valence-electron chi connectivity index (χ3n) is 5.65. The van der Waals surface area contributed by atoms with Gasteiger partial charge in [-0.2, -0.15) is 0 Å². The Morgan fingerprint density at radius 2 is 1.94 bits per heavy atom. The first kappa shape index (κ1) is 21.1. The van der Waals surface area contributed by atoms with Crippen molar-refractivity contribution in [3.8, 4) is 22.5 Å². The molecule has 5 rings (SSSR count). The van der Waals surface area contributed by atoms with Gasteiger partial charge in [-0.15, -0.1) is 0 Å². The number of hydrogen-bond acceptors (Lipinski definition) is 4. The molecule has 2 N–H and O–H groups in total. The summed E-state index contributed by atoms with van der Waals surface area (Å²) in [5, 5.41) is 6.39. The van der Waals surface area contributed by atoms with Gasteiger partial charge in [0.05, 0.1) is 17.6 Å². The highest BCUT2D eigenvalue weighted by molar-refractivity contribution is 5.95. The molecule has 7 heteroatoms. The summed E-state index contributed by atoms with van der Waals surface area (Å²) in [7, 11) is 0. The van der Waals surface area contributed by atoms with E-state index in [0.29, 0.717) is 40.2 Å². The quantitative estimate of drug-likeness (QED) is 0.414. The van der Waals surface area contributed by atoms with Crippen molar-refractivity contribution in [2.24, 2.45) is 5.92 Å². The van der Waals surface area contributed by atoms with E-state index in [9.17, 15) is 9.18 Å². The summed E-state index contributed by atoms with van der Waals surface area (Å²) in [5.74, 6) is 0.725. The van der Waals surface area contributed by atoms with Gasteiger partial charge < -0.3 is 10.6 Å². The summed E-state index contributed by atoms with van der Waals surface area (Å²) in [6.07, 6.45) is 5.79. The smallest absolute Gasteiger partial charge is 0.251 e. The van der Waals surface area contributed by atoms with Crippen LogP contribution in [-0.4, -0.2) is 32.9 Å². The molecule has 0 saturated heterocycles. The van der Waals surface area contributed by atoms with Crippen LogP contribution in [0, 0.1) is 11.7 Å². The fraction of sp³-hybridized carbons (Fsp3) is 0.269. The molecule has 1 fully saturated rings. The molecule has 0 atom stereocenters. The Morgan fingerprint density at radius 1 is 1.15 bits per heavy atom. The summed E-state index contributed by atoms with van der Waals surface area (Å²) in [5.41, 5.74) is 4.47. The number of carbonyl (C=O) groups excluding carboxylic acids is 1. The highest BCUT2D eigenvalue weighted by atomic mass is 19.1. The second-order valence-electron chi connectivity index (χ2n) is 8.92. The van der Waals surface area contributed by atoms with Crippen molar-refractivity contribution in [3.05, 3.63) is 72.3 Å². The van der Waals surface area contributed by atoms with Gasteiger partial charge in [0.2, 0.25) is 0 Å². The minimum Gasteiger partial charge on any atom is -0.367 e. The van der Waals surface area contributed by atoms with Gasteiger partial charge in [0.25, 0.3) is 5.91 Å². The zero-order valence-corrected chi connectivity index (χ0v) is 18.7. The predicted molar refractivity (Wildman–Crippen MR) is 128 cm³/mol. The number of anilines is 1. The van der Waals surface area contributed by atoms with Gasteiger partial charge in [-0.05, 0) is 43.0 Å². The zero-order chi connectivity index (χ0) is 22.9. The zero-order valence-electron chi connectivity index (χ0n) is 18.7. The third-order valence-corrected chi connectivity index (χ3v) is 5.65. The average molecular weight is 444 g/mol. The molecule has 0 bridgehead atoms. The molecule has 0 spiro atoms. The van der Waals surface area contributed by atoms with Crippen LogP contribution in [0.3, 0.4) is 0 Å². The largest absolute Gasteiger partial charge is 0.367 e. The van der Waals surface area contributed by atoms with E-state index < -0.39 is 0 Å². The lowest BCUT2D eigenvalue weighted by atomic mass is 10.1. The molecule has 1 aliphatic carbocycles. The number of benzene rings is 2. The topological polar surface area (TPSA) is 71.3 Å².